The van der Waals surface area contributed by atoms with Gasteiger partial charge in [0.1, 0.15) is 0 Å². The zero-order chi connectivity index (χ0) is 11.0. The monoisotopic (exact) mass is 225 g/mol. The van der Waals surface area contributed by atoms with Gasteiger partial charge in [0.15, 0.2) is 0 Å². The van der Waals surface area contributed by atoms with Gasteiger partial charge in [-0.15, -0.1) is 0 Å². The minimum atomic E-state index is -0.962. The van der Waals surface area contributed by atoms with Crippen molar-refractivity contribution in [2.24, 2.45) is 0 Å². The Morgan fingerprint density at radius 1 is 1.53 bits per heavy atom. The molecule has 1 aliphatic carbocycles. The van der Waals surface area contributed by atoms with Crippen LogP contribution in [0.4, 0.5) is 4.79 Å². The highest BCUT2D eigenvalue weighted by atomic mass is 35.5. The molecule has 0 bridgehead atoms. The van der Waals surface area contributed by atoms with Crippen LogP contribution in [0.3, 0.4) is 0 Å². The molecule has 0 fully saturated rings. The summed E-state index contributed by atoms with van der Waals surface area (Å²) in [5.41, 5.74) is 3.55. The van der Waals surface area contributed by atoms with E-state index in [1.807, 2.05) is 19.1 Å². The van der Waals surface area contributed by atoms with E-state index in [-0.39, 0.29) is 6.04 Å². The van der Waals surface area contributed by atoms with Crippen molar-refractivity contribution in [2.45, 2.75) is 25.8 Å². The standard InChI is InChI=1S/C11H12ClNO2/c1-6-2-8(12)3-7-4-9(5-10(6)7)13-11(14)15/h2-3,9,13H,4-5H2,1H3,(H,14,15). The van der Waals surface area contributed by atoms with Crippen molar-refractivity contribution in [2.75, 3.05) is 0 Å². The van der Waals surface area contributed by atoms with Crippen molar-refractivity contribution in [3.05, 3.63) is 33.8 Å². The minimum absolute atomic E-state index is 0.00494. The summed E-state index contributed by atoms with van der Waals surface area (Å²) in [6.45, 7) is 2.01. The fourth-order valence-electron chi connectivity index (χ4n) is 2.18. The number of carbonyl (C=O) groups is 1. The smallest absolute Gasteiger partial charge is 0.404 e. The average Bonchev–Trinajstić information content (AvgIpc) is 2.45. The Morgan fingerprint density at radius 2 is 2.27 bits per heavy atom. The quantitative estimate of drug-likeness (QED) is 0.771. The first-order chi connectivity index (χ1) is 7.06. The maximum atomic E-state index is 10.5. The van der Waals surface area contributed by atoms with Crippen LogP contribution in [0.15, 0.2) is 12.1 Å². The number of benzene rings is 1. The van der Waals surface area contributed by atoms with Crippen LogP contribution >= 0.6 is 11.6 Å². The van der Waals surface area contributed by atoms with E-state index in [2.05, 4.69) is 5.32 Å². The Kier molecular flexibility index (Phi) is 2.57. The van der Waals surface area contributed by atoms with Gasteiger partial charge in [0, 0.05) is 11.1 Å². The molecule has 0 aliphatic heterocycles. The Bertz CT molecular complexity index is 417. The fraction of sp³-hybridized carbons (Fsp3) is 0.364. The van der Waals surface area contributed by atoms with Gasteiger partial charge in [-0.05, 0) is 48.6 Å². The van der Waals surface area contributed by atoms with Gasteiger partial charge in [0.2, 0.25) is 0 Å². The van der Waals surface area contributed by atoms with E-state index in [9.17, 15) is 4.79 Å². The van der Waals surface area contributed by atoms with E-state index in [1.165, 1.54) is 11.1 Å². The molecule has 0 aromatic heterocycles. The summed E-state index contributed by atoms with van der Waals surface area (Å²) in [5, 5.41) is 11.9. The van der Waals surface area contributed by atoms with Crippen LogP contribution < -0.4 is 5.32 Å². The number of hydrogen-bond acceptors (Lipinski definition) is 1. The van der Waals surface area contributed by atoms with E-state index in [0.29, 0.717) is 0 Å². The van der Waals surface area contributed by atoms with Crippen molar-refractivity contribution >= 4 is 17.7 Å². The van der Waals surface area contributed by atoms with Crippen LogP contribution in [-0.4, -0.2) is 17.2 Å². The molecule has 0 radical (unpaired) electrons. The number of carboxylic acid groups (broad SMARTS) is 1. The van der Waals surface area contributed by atoms with E-state index in [4.69, 9.17) is 16.7 Å². The summed E-state index contributed by atoms with van der Waals surface area (Å²) >= 11 is 5.95. The molecule has 1 aromatic rings. The SMILES string of the molecule is Cc1cc(Cl)cc2c1CC(NC(=O)O)C2. The second-order valence-electron chi connectivity index (χ2n) is 3.92. The topological polar surface area (TPSA) is 49.3 Å². The predicted octanol–water partition coefficient (Wildman–Crippen LogP) is 2.38. The highest BCUT2D eigenvalue weighted by molar-refractivity contribution is 6.30. The molecule has 4 heteroatoms. The third-order valence-corrected chi connectivity index (χ3v) is 2.99. The molecule has 0 spiro atoms. The first-order valence-electron chi connectivity index (χ1n) is 4.83. The molecular weight excluding hydrogens is 214 g/mol. The van der Waals surface area contributed by atoms with Gasteiger partial charge < -0.3 is 10.4 Å². The second kappa shape index (κ2) is 3.74. The highest BCUT2D eigenvalue weighted by Gasteiger charge is 2.24. The van der Waals surface area contributed by atoms with Crippen molar-refractivity contribution in [1.82, 2.24) is 5.32 Å². The van der Waals surface area contributed by atoms with Crippen LogP contribution in [-0.2, 0) is 12.8 Å². The number of rotatable bonds is 1. The van der Waals surface area contributed by atoms with Crippen LogP contribution in [0.5, 0.6) is 0 Å². The van der Waals surface area contributed by atoms with E-state index in [0.717, 1.165) is 23.4 Å². The zero-order valence-corrected chi connectivity index (χ0v) is 9.14. The molecule has 0 saturated heterocycles. The summed E-state index contributed by atoms with van der Waals surface area (Å²) < 4.78 is 0. The minimum Gasteiger partial charge on any atom is -0.465 e. The molecule has 0 saturated carbocycles. The Morgan fingerprint density at radius 3 is 2.93 bits per heavy atom. The number of nitrogens with one attached hydrogen (secondary N) is 1. The van der Waals surface area contributed by atoms with Crippen LogP contribution in [0.1, 0.15) is 16.7 Å². The largest absolute Gasteiger partial charge is 0.465 e. The molecule has 15 heavy (non-hydrogen) atoms. The van der Waals surface area contributed by atoms with Gasteiger partial charge in [-0.1, -0.05) is 11.6 Å². The molecular formula is C11H12ClNO2. The number of amides is 1. The number of hydrogen-bond donors (Lipinski definition) is 2. The average molecular weight is 226 g/mol. The summed E-state index contributed by atoms with van der Waals surface area (Å²) in [7, 11) is 0. The number of fused-ring (bicyclic) bond motifs is 1. The Hall–Kier alpha value is -1.22. The van der Waals surface area contributed by atoms with Gasteiger partial charge in [-0.25, -0.2) is 4.79 Å². The van der Waals surface area contributed by atoms with Crippen LogP contribution in [0.2, 0.25) is 5.02 Å². The van der Waals surface area contributed by atoms with E-state index in [1.54, 1.807) is 0 Å². The third-order valence-electron chi connectivity index (χ3n) is 2.77. The van der Waals surface area contributed by atoms with E-state index < -0.39 is 6.09 Å². The summed E-state index contributed by atoms with van der Waals surface area (Å²) in [6, 6.07) is 3.84. The van der Waals surface area contributed by atoms with Crippen molar-refractivity contribution in [3.63, 3.8) is 0 Å². The lowest BCUT2D eigenvalue weighted by Crippen LogP contribution is -2.33. The highest BCUT2D eigenvalue weighted by Crippen LogP contribution is 2.28. The van der Waals surface area contributed by atoms with Gasteiger partial charge in [0.05, 0.1) is 0 Å². The first kappa shape index (κ1) is 10.3. The molecule has 3 nitrogen and oxygen atoms in total. The lowest BCUT2D eigenvalue weighted by Gasteiger charge is -2.07. The maximum Gasteiger partial charge on any atom is 0.404 e. The number of halogens is 1. The normalized spacial score (nSPS) is 18.7. The summed E-state index contributed by atoms with van der Waals surface area (Å²) in [6.07, 6.45) is 0.546. The molecule has 1 aliphatic rings. The van der Waals surface area contributed by atoms with Crippen molar-refractivity contribution < 1.29 is 9.90 Å². The van der Waals surface area contributed by atoms with Crippen molar-refractivity contribution in [3.8, 4) is 0 Å². The van der Waals surface area contributed by atoms with Gasteiger partial charge in [-0.3, -0.25) is 0 Å². The molecule has 0 heterocycles. The fourth-order valence-corrected chi connectivity index (χ4v) is 2.47. The Labute approximate surface area is 93.1 Å². The van der Waals surface area contributed by atoms with E-state index >= 15 is 0 Å². The lowest BCUT2D eigenvalue weighted by molar-refractivity contribution is 0.190. The molecule has 1 atom stereocenters. The predicted molar refractivity (Wildman–Crippen MR) is 58.5 cm³/mol. The summed E-state index contributed by atoms with van der Waals surface area (Å²) in [5.74, 6) is 0. The van der Waals surface area contributed by atoms with Gasteiger partial charge in [0.25, 0.3) is 0 Å². The van der Waals surface area contributed by atoms with Gasteiger partial charge >= 0.3 is 6.09 Å². The summed E-state index contributed by atoms with van der Waals surface area (Å²) in [4.78, 5) is 10.5. The molecule has 1 unspecified atom stereocenters. The zero-order valence-electron chi connectivity index (χ0n) is 8.38. The maximum absolute atomic E-state index is 10.5. The van der Waals surface area contributed by atoms with Crippen LogP contribution in [0, 0.1) is 6.92 Å². The Balaban J connectivity index is 2.23. The lowest BCUT2D eigenvalue weighted by atomic mass is 10.1. The van der Waals surface area contributed by atoms with Gasteiger partial charge in [-0.2, -0.15) is 0 Å². The molecule has 2 rings (SSSR count). The third kappa shape index (κ3) is 2.07. The molecule has 2 N–H and O–H groups in total. The first-order valence-corrected chi connectivity index (χ1v) is 5.21. The molecule has 1 aromatic carbocycles. The van der Waals surface area contributed by atoms with Crippen LogP contribution in [0.25, 0.3) is 0 Å². The second-order valence-corrected chi connectivity index (χ2v) is 4.35. The molecule has 1 amide bonds. The molecule has 80 valence electrons. The van der Waals surface area contributed by atoms with Crippen molar-refractivity contribution in [1.29, 1.82) is 0 Å². The number of aryl methyl sites for hydroxylation is 1.